The predicted octanol–water partition coefficient (Wildman–Crippen LogP) is 1.51. The van der Waals surface area contributed by atoms with Gasteiger partial charge in [-0.15, -0.1) is 0 Å². The summed E-state index contributed by atoms with van der Waals surface area (Å²) in [7, 11) is 0. The van der Waals surface area contributed by atoms with Gasteiger partial charge in [-0.05, 0) is 12.8 Å². The van der Waals surface area contributed by atoms with Crippen molar-refractivity contribution in [2.24, 2.45) is 5.92 Å². The molecule has 0 radical (unpaired) electrons. The number of piperazine rings is 1. The third kappa shape index (κ3) is 3.33. The van der Waals surface area contributed by atoms with Gasteiger partial charge < -0.3 is 9.88 Å². The van der Waals surface area contributed by atoms with Gasteiger partial charge in [0, 0.05) is 51.2 Å². The van der Waals surface area contributed by atoms with Crippen LogP contribution in [0.4, 0.5) is 0 Å². The van der Waals surface area contributed by atoms with Crippen LogP contribution >= 0.6 is 0 Å². The molecule has 1 saturated heterocycles. The molecule has 18 heavy (non-hydrogen) atoms. The molecule has 0 aliphatic carbocycles. The standard InChI is InChI=1S/C14H26N4/c1-4-12(2)14-11-17(7-5-16-14)9-10-18-8-6-15-13(18)3/h6,8,12,14,16H,4-5,7,9-11H2,1-3H3. The lowest BCUT2D eigenvalue weighted by atomic mass is 9.97. The Morgan fingerprint density at radius 1 is 1.50 bits per heavy atom. The summed E-state index contributed by atoms with van der Waals surface area (Å²) < 4.78 is 2.24. The van der Waals surface area contributed by atoms with Crippen molar-refractivity contribution >= 4 is 0 Å². The van der Waals surface area contributed by atoms with E-state index in [1.807, 2.05) is 6.20 Å². The second-order valence-electron chi connectivity index (χ2n) is 5.41. The van der Waals surface area contributed by atoms with E-state index in [1.165, 1.54) is 19.5 Å². The molecule has 2 heterocycles. The first-order valence-electron chi connectivity index (χ1n) is 7.14. The van der Waals surface area contributed by atoms with Gasteiger partial charge in [0.15, 0.2) is 0 Å². The molecule has 1 fully saturated rings. The van der Waals surface area contributed by atoms with Gasteiger partial charge >= 0.3 is 0 Å². The fourth-order valence-corrected chi connectivity index (χ4v) is 2.60. The number of rotatable bonds is 5. The zero-order valence-corrected chi connectivity index (χ0v) is 11.9. The fraction of sp³-hybridized carbons (Fsp3) is 0.786. The molecule has 0 bridgehead atoms. The first-order chi connectivity index (χ1) is 8.70. The minimum absolute atomic E-state index is 0.660. The van der Waals surface area contributed by atoms with E-state index in [0.717, 1.165) is 31.4 Å². The maximum atomic E-state index is 4.27. The highest BCUT2D eigenvalue weighted by Crippen LogP contribution is 2.12. The number of hydrogen-bond donors (Lipinski definition) is 1. The lowest BCUT2D eigenvalue weighted by Gasteiger charge is -2.36. The van der Waals surface area contributed by atoms with E-state index in [1.54, 1.807) is 0 Å². The minimum Gasteiger partial charge on any atom is -0.334 e. The lowest BCUT2D eigenvalue weighted by Crippen LogP contribution is -2.53. The smallest absolute Gasteiger partial charge is 0.105 e. The molecule has 1 aliphatic heterocycles. The van der Waals surface area contributed by atoms with Crippen LogP contribution in [0, 0.1) is 12.8 Å². The van der Waals surface area contributed by atoms with Crippen LogP contribution in [0.3, 0.4) is 0 Å². The van der Waals surface area contributed by atoms with E-state index >= 15 is 0 Å². The summed E-state index contributed by atoms with van der Waals surface area (Å²) in [5.74, 6) is 1.88. The number of imidazole rings is 1. The van der Waals surface area contributed by atoms with Crippen LogP contribution in [0.25, 0.3) is 0 Å². The van der Waals surface area contributed by atoms with Gasteiger partial charge in [-0.2, -0.15) is 0 Å². The first-order valence-corrected chi connectivity index (χ1v) is 7.14. The molecule has 0 saturated carbocycles. The number of nitrogens with one attached hydrogen (secondary N) is 1. The molecule has 102 valence electrons. The highest BCUT2D eigenvalue weighted by Gasteiger charge is 2.22. The van der Waals surface area contributed by atoms with Gasteiger partial charge in [-0.25, -0.2) is 4.98 Å². The Morgan fingerprint density at radius 3 is 3.00 bits per heavy atom. The number of aromatic nitrogens is 2. The summed E-state index contributed by atoms with van der Waals surface area (Å²) in [6.45, 7) is 12.4. The highest BCUT2D eigenvalue weighted by molar-refractivity contribution is 4.89. The molecule has 1 aromatic rings. The highest BCUT2D eigenvalue weighted by atomic mass is 15.2. The Morgan fingerprint density at radius 2 is 2.33 bits per heavy atom. The van der Waals surface area contributed by atoms with Crippen LogP contribution in [0.1, 0.15) is 26.1 Å². The van der Waals surface area contributed by atoms with E-state index < -0.39 is 0 Å². The summed E-state index contributed by atoms with van der Waals surface area (Å²) in [4.78, 5) is 6.85. The van der Waals surface area contributed by atoms with Gasteiger partial charge in [0.1, 0.15) is 5.82 Å². The van der Waals surface area contributed by atoms with Crippen molar-refractivity contribution in [2.75, 3.05) is 26.2 Å². The molecule has 4 nitrogen and oxygen atoms in total. The lowest BCUT2D eigenvalue weighted by molar-refractivity contribution is 0.163. The monoisotopic (exact) mass is 250 g/mol. The third-order valence-electron chi connectivity index (χ3n) is 4.20. The summed E-state index contributed by atoms with van der Waals surface area (Å²) in [6.07, 6.45) is 5.21. The molecule has 0 aromatic carbocycles. The molecule has 1 N–H and O–H groups in total. The average molecular weight is 250 g/mol. The van der Waals surface area contributed by atoms with Crippen LogP contribution in [0.15, 0.2) is 12.4 Å². The van der Waals surface area contributed by atoms with Crippen LogP contribution in [-0.2, 0) is 6.54 Å². The molecular weight excluding hydrogens is 224 g/mol. The van der Waals surface area contributed by atoms with E-state index in [-0.39, 0.29) is 0 Å². The van der Waals surface area contributed by atoms with Crippen molar-refractivity contribution in [3.05, 3.63) is 18.2 Å². The topological polar surface area (TPSA) is 33.1 Å². The van der Waals surface area contributed by atoms with Gasteiger partial charge in [0.05, 0.1) is 0 Å². The number of nitrogens with zero attached hydrogens (tertiary/aromatic N) is 3. The number of aryl methyl sites for hydroxylation is 1. The van der Waals surface area contributed by atoms with Crippen LogP contribution < -0.4 is 5.32 Å². The first kappa shape index (κ1) is 13.6. The molecule has 4 heteroatoms. The van der Waals surface area contributed by atoms with Crippen molar-refractivity contribution < 1.29 is 0 Å². The maximum absolute atomic E-state index is 4.27. The number of hydrogen-bond acceptors (Lipinski definition) is 3. The van der Waals surface area contributed by atoms with Crippen molar-refractivity contribution in [3.8, 4) is 0 Å². The maximum Gasteiger partial charge on any atom is 0.105 e. The van der Waals surface area contributed by atoms with Gasteiger partial charge in [0.2, 0.25) is 0 Å². The van der Waals surface area contributed by atoms with Crippen LogP contribution in [0.2, 0.25) is 0 Å². The Hall–Kier alpha value is -0.870. The Labute approximate surface area is 110 Å². The summed E-state index contributed by atoms with van der Waals surface area (Å²) >= 11 is 0. The van der Waals surface area contributed by atoms with Crippen LogP contribution in [0.5, 0.6) is 0 Å². The molecule has 0 spiro atoms. The van der Waals surface area contributed by atoms with Crippen LogP contribution in [-0.4, -0.2) is 46.7 Å². The molecule has 1 aromatic heterocycles. The summed E-state index contributed by atoms with van der Waals surface area (Å²) in [5, 5.41) is 3.64. The Bertz CT molecular complexity index is 360. The summed E-state index contributed by atoms with van der Waals surface area (Å²) in [6, 6.07) is 0.660. The second kappa shape index (κ2) is 6.34. The zero-order chi connectivity index (χ0) is 13.0. The molecular formula is C14H26N4. The van der Waals surface area contributed by atoms with Crippen molar-refractivity contribution in [1.82, 2.24) is 19.8 Å². The molecule has 1 aliphatic rings. The Balaban J connectivity index is 1.81. The molecule has 2 unspecified atom stereocenters. The van der Waals surface area contributed by atoms with E-state index in [9.17, 15) is 0 Å². The van der Waals surface area contributed by atoms with Gasteiger partial charge in [-0.1, -0.05) is 20.3 Å². The molecule has 2 atom stereocenters. The average Bonchev–Trinajstić information content (AvgIpc) is 2.81. The fourth-order valence-electron chi connectivity index (χ4n) is 2.60. The molecule has 0 amide bonds. The van der Waals surface area contributed by atoms with Crippen molar-refractivity contribution in [3.63, 3.8) is 0 Å². The van der Waals surface area contributed by atoms with Crippen molar-refractivity contribution in [1.29, 1.82) is 0 Å². The van der Waals surface area contributed by atoms with Crippen molar-refractivity contribution in [2.45, 2.75) is 39.8 Å². The minimum atomic E-state index is 0.660. The van der Waals surface area contributed by atoms with E-state index in [0.29, 0.717) is 6.04 Å². The second-order valence-corrected chi connectivity index (χ2v) is 5.41. The Kier molecular flexibility index (Phi) is 4.78. The van der Waals surface area contributed by atoms with Gasteiger partial charge in [0.25, 0.3) is 0 Å². The molecule has 2 rings (SSSR count). The quantitative estimate of drug-likeness (QED) is 0.860. The SMILES string of the molecule is CCC(C)C1CN(CCn2ccnc2C)CCN1. The third-order valence-corrected chi connectivity index (χ3v) is 4.20. The largest absolute Gasteiger partial charge is 0.334 e. The van der Waals surface area contributed by atoms with E-state index in [4.69, 9.17) is 0 Å². The van der Waals surface area contributed by atoms with Gasteiger partial charge in [-0.3, -0.25) is 4.90 Å². The normalized spacial score (nSPS) is 23.2. The zero-order valence-electron chi connectivity index (χ0n) is 11.9. The van der Waals surface area contributed by atoms with E-state index in [2.05, 4.69) is 46.7 Å². The predicted molar refractivity (Wildman–Crippen MR) is 74.6 cm³/mol. The summed E-state index contributed by atoms with van der Waals surface area (Å²) in [5.41, 5.74) is 0.